The van der Waals surface area contributed by atoms with Crippen molar-refractivity contribution in [2.75, 3.05) is 0 Å². The van der Waals surface area contributed by atoms with Crippen molar-refractivity contribution in [3.8, 4) is 67.8 Å². The molecule has 3 aromatic heterocycles. The van der Waals surface area contributed by atoms with E-state index in [1.807, 2.05) is 12.1 Å². The number of rotatable bonds is 7. The molecule has 0 N–H and O–H groups in total. The van der Waals surface area contributed by atoms with Gasteiger partial charge in [-0.15, -0.1) is 0 Å². The molecule has 0 amide bonds. The molecule has 9 aromatic carbocycles. The lowest BCUT2D eigenvalue weighted by Crippen LogP contribution is -2.07. The standard InChI is InChI=1S/C57H37N5/c1-4-15-38(16-5-1)40-27-29-41(30-28-40)42-31-33-43(34-32-42)55-58-56(45-20-14-19-44(37-45)39-17-6-2-7-18-39)60-57(59-55)62-52-26-13-11-24-48(52)50-36-35-49-47-23-10-12-25-51(47)61(53(49)54(50)62)46-21-8-3-9-22-46/h1-37H. The van der Waals surface area contributed by atoms with Crippen molar-refractivity contribution in [2.45, 2.75) is 0 Å². The molecule has 12 aromatic rings. The molecular weight excluding hydrogens is 755 g/mol. The lowest BCUT2D eigenvalue weighted by molar-refractivity contribution is 0.953. The highest BCUT2D eigenvalue weighted by Crippen LogP contribution is 2.42. The van der Waals surface area contributed by atoms with E-state index in [1.54, 1.807) is 0 Å². The fourth-order valence-electron chi connectivity index (χ4n) is 9.04. The Morgan fingerprint density at radius 3 is 1.24 bits per heavy atom. The second-order valence-corrected chi connectivity index (χ2v) is 15.6. The van der Waals surface area contributed by atoms with E-state index < -0.39 is 0 Å². The summed E-state index contributed by atoms with van der Waals surface area (Å²) in [6.07, 6.45) is 0. The molecule has 5 heteroatoms. The topological polar surface area (TPSA) is 48.5 Å². The maximum atomic E-state index is 5.40. The first-order valence-electron chi connectivity index (χ1n) is 20.9. The molecule has 0 unspecified atom stereocenters. The number of fused-ring (bicyclic) bond motifs is 7. The molecule has 0 aliphatic rings. The smallest absolute Gasteiger partial charge is 0.238 e. The quantitative estimate of drug-likeness (QED) is 0.162. The van der Waals surface area contributed by atoms with Crippen molar-refractivity contribution < 1.29 is 0 Å². The molecule has 3 heterocycles. The second-order valence-electron chi connectivity index (χ2n) is 15.6. The van der Waals surface area contributed by atoms with Gasteiger partial charge in [-0.1, -0.05) is 194 Å². The van der Waals surface area contributed by atoms with Crippen molar-refractivity contribution in [1.29, 1.82) is 0 Å². The normalized spacial score (nSPS) is 11.5. The molecule has 0 saturated carbocycles. The number of benzene rings is 9. The highest BCUT2D eigenvalue weighted by molar-refractivity contribution is 6.23. The minimum Gasteiger partial charge on any atom is -0.307 e. The van der Waals surface area contributed by atoms with Crippen LogP contribution in [0.2, 0.25) is 0 Å². The Morgan fingerprint density at radius 2 is 0.661 bits per heavy atom. The molecule has 0 aliphatic carbocycles. The fourth-order valence-corrected chi connectivity index (χ4v) is 9.04. The van der Waals surface area contributed by atoms with Crippen molar-refractivity contribution >= 4 is 43.6 Å². The Kier molecular flexibility index (Phi) is 8.42. The summed E-state index contributed by atoms with van der Waals surface area (Å²) in [5, 5.41) is 4.62. The summed E-state index contributed by atoms with van der Waals surface area (Å²) in [6, 6.07) is 79.2. The largest absolute Gasteiger partial charge is 0.307 e. The van der Waals surface area contributed by atoms with Crippen LogP contribution in [0.4, 0.5) is 0 Å². The Bertz CT molecular complexity index is 3590. The van der Waals surface area contributed by atoms with E-state index in [1.165, 1.54) is 21.9 Å². The van der Waals surface area contributed by atoms with E-state index >= 15 is 0 Å². The van der Waals surface area contributed by atoms with Crippen LogP contribution >= 0.6 is 0 Å². The van der Waals surface area contributed by atoms with E-state index in [0.29, 0.717) is 17.6 Å². The van der Waals surface area contributed by atoms with E-state index in [2.05, 4.69) is 221 Å². The lowest BCUT2D eigenvalue weighted by atomic mass is 9.99. The zero-order chi connectivity index (χ0) is 41.0. The summed E-state index contributed by atoms with van der Waals surface area (Å²) in [7, 11) is 0. The minimum atomic E-state index is 0.555. The summed E-state index contributed by atoms with van der Waals surface area (Å²) in [6.45, 7) is 0. The van der Waals surface area contributed by atoms with Crippen LogP contribution in [0.3, 0.4) is 0 Å². The molecule has 290 valence electrons. The van der Waals surface area contributed by atoms with Gasteiger partial charge in [-0.25, -0.2) is 4.98 Å². The monoisotopic (exact) mass is 791 g/mol. The third-order valence-electron chi connectivity index (χ3n) is 12.0. The van der Waals surface area contributed by atoms with E-state index in [4.69, 9.17) is 15.0 Å². The maximum Gasteiger partial charge on any atom is 0.238 e. The van der Waals surface area contributed by atoms with E-state index in [-0.39, 0.29) is 0 Å². The third-order valence-corrected chi connectivity index (χ3v) is 12.0. The van der Waals surface area contributed by atoms with Gasteiger partial charge in [-0.2, -0.15) is 9.97 Å². The Morgan fingerprint density at radius 1 is 0.258 bits per heavy atom. The van der Waals surface area contributed by atoms with E-state index in [9.17, 15) is 0 Å². The third kappa shape index (κ3) is 5.98. The van der Waals surface area contributed by atoms with Gasteiger partial charge in [0.15, 0.2) is 11.6 Å². The van der Waals surface area contributed by atoms with Crippen LogP contribution in [-0.2, 0) is 0 Å². The predicted molar refractivity (Wildman–Crippen MR) is 256 cm³/mol. The lowest BCUT2D eigenvalue weighted by Gasteiger charge is -2.14. The molecule has 0 radical (unpaired) electrons. The Hall–Kier alpha value is -8.41. The highest BCUT2D eigenvalue weighted by atomic mass is 15.2. The van der Waals surface area contributed by atoms with Crippen LogP contribution in [-0.4, -0.2) is 24.1 Å². The van der Waals surface area contributed by atoms with Crippen molar-refractivity contribution in [3.63, 3.8) is 0 Å². The molecule has 0 bridgehead atoms. The summed E-state index contributed by atoms with van der Waals surface area (Å²) in [4.78, 5) is 16.0. The van der Waals surface area contributed by atoms with Crippen LogP contribution in [0.1, 0.15) is 0 Å². The number of nitrogens with zero attached hydrogens (tertiary/aromatic N) is 5. The Labute approximate surface area is 358 Å². The first-order chi connectivity index (χ1) is 30.7. The number of hydrogen-bond donors (Lipinski definition) is 0. The van der Waals surface area contributed by atoms with Gasteiger partial charge in [0.25, 0.3) is 0 Å². The van der Waals surface area contributed by atoms with Crippen LogP contribution in [0, 0.1) is 0 Å². The second kappa shape index (κ2) is 14.7. The molecular formula is C57H37N5. The van der Waals surface area contributed by atoms with Crippen LogP contribution in [0.5, 0.6) is 0 Å². The Balaban J connectivity index is 1.09. The zero-order valence-corrected chi connectivity index (χ0v) is 33.6. The van der Waals surface area contributed by atoms with Gasteiger partial charge in [0.1, 0.15) is 0 Å². The molecule has 62 heavy (non-hydrogen) atoms. The fraction of sp³-hybridized carbons (Fsp3) is 0. The van der Waals surface area contributed by atoms with Gasteiger partial charge in [0.2, 0.25) is 5.95 Å². The molecule has 5 nitrogen and oxygen atoms in total. The first kappa shape index (κ1) is 35.5. The van der Waals surface area contributed by atoms with Crippen LogP contribution in [0.15, 0.2) is 224 Å². The molecule has 0 spiro atoms. The summed E-state index contributed by atoms with van der Waals surface area (Å²) < 4.78 is 4.64. The zero-order valence-electron chi connectivity index (χ0n) is 33.6. The van der Waals surface area contributed by atoms with Gasteiger partial charge >= 0.3 is 0 Å². The van der Waals surface area contributed by atoms with Gasteiger partial charge in [-0.3, -0.25) is 4.57 Å². The van der Waals surface area contributed by atoms with Gasteiger partial charge in [0, 0.05) is 38.4 Å². The summed E-state index contributed by atoms with van der Waals surface area (Å²) in [5.74, 6) is 1.76. The van der Waals surface area contributed by atoms with Gasteiger partial charge < -0.3 is 4.57 Å². The van der Waals surface area contributed by atoms with Crippen molar-refractivity contribution in [3.05, 3.63) is 224 Å². The molecule has 0 saturated heterocycles. The van der Waals surface area contributed by atoms with Crippen LogP contribution in [0.25, 0.3) is 111 Å². The maximum absolute atomic E-state index is 5.40. The molecule has 12 rings (SSSR count). The number of para-hydroxylation sites is 3. The summed E-state index contributed by atoms with van der Waals surface area (Å²) in [5.41, 5.74) is 14.1. The van der Waals surface area contributed by atoms with Gasteiger partial charge in [-0.05, 0) is 63.7 Å². The first-order valence-corrected chi connectivity index (χ1v) is 20.9. The minimum absolute atomic E-state index is 0.555. The molecule has 0 aliphatic heterocycles. The average Bonchev–Trinajstić information content (AvgIpc) is 3.88. The summed E-state index contributed by atoms with van der Waals surface area (Å²) >= 11 is 0. The molecule has 0 atom stereocenters. The molecule has 0 fully saturated rings. The van der Waals surface area contributed by atoms with Gasteiger partial charge in [0.05, 0.1) is 22.1 Å². The average molecular weight is 792 g/mol. The highest BCUT2D eigenvalue weighted by Gasteiger charge is 2.23. The number of aromatic nitrogens is 5. The SMILES string of the molecule is c1ccc(-c2ccc(-c3ccc(-c4nc(-c5cccc(-c6ccccc6)c5)nc(-n5c6ccccc6c6ccc7c8ccccc8n(-c8ccccc8)c7c65)n4)cc3)cc2)cc1. The predicted octanol–water partition coefficient (Wildman–Crippen LogP) is 14.4. The van der Waals surface area contributed by atoms with Crippen LogP contribution < -0.4 is 0 Å². The van der Waals surface area contributed by atoms with E-state index in [0.717, 1.165) is 71.9 Å². The van der Waals surface area contributed by atoms with Crippen molar-refractivity contribution in [1.82, 2.24) is 24.1 Å². The van der Waals surface area contributed by atoms with Crippen molar-refractivity contribution in [2.24, 2.45) is 0 Å². The number of hydrogen-bond acceptors (Lipinski definition) is 3.